The molecule has 0 radical (unpaired) electrons. The Morgan fingerprint density at radius 2 is 2.24 bits per heavy atom. The van der Waals surface area contributed by atoms with E-state index in [1.165, 1.54) is 0 Å². The number of carbonyl (C=O) groups excluding carboxylic acids is 1. The highest BCUT2D eigenvalue weighted by Crippen LogP contribution is 2.25. The number of hydrogen-bond donors (Lipinski definition) is 0. The topological polar surface area (TPSA) is 39.4 Å². The molecule has 0 saturated carbocycles. The third-order valence-corrected chi connectivity index (χ3v) is 2.70. The normalized spacial score (nSPS) is 10.4. The summed E-state index contributed by atoms with van der Waals surface area (Å²) in [5, 5.41) is 1.26. The van der Waals surface area contributed by atoms with Gasteiger partial charge in [0.15, 0.2) is 11.3 Å². The standard InChI is InChI=1S/C13H12O3S/c1-2-15-13(17)7-12-10(8-14)9-5-3-4-6-11(9)16-12/h3-6,8H,2,7H2,1H3. The van der Waals surface area contributed by atoms with E-state index in [0.29, 0.717) is 35.0 Å². The zero-order valence-corrected chi connectivity index (χ0v) is 10.3. The minimum absolute atomic E-state index is 0.353. The molecule has 88 valence electrons. The fourth-order valence-corrected chi connectivity index (χ4v) is 1.97. The van der Waals surface area contributed by atoms with Gasteiger partial charge in [0.25, 0.3) is 0 Å². The van der Waals surface area contributed by atoms with Crippen molar-refractivity contribution in [2.75, 3.05) is 6.61 Å². The molecule has 2 rings (SSSR count). The van der Waals surface area contributed by atoms with Crippen LogP contribution in [0, 0.1) is 0 Å². The molecule has 1 aromatic carbocycles. The van der Waals surface area contributed by atoms with Crippen LogP contribution >= 0.6 is 12.2 Å². The van der Waals surface area contributed by atoms with E-state index >= 15 is 0 Å². The van der Waals surface area contributed by atoms with Crippen LogP contribution in [0.3, 0.4) is 0 Å². The van der Waals surface area contributed by atoms with E-state index in [4.69, 9.17) is 21.4 Å². The highest BCUT2D eigenvalue weighted by Gasteiger charge is 2.14. The van der Waals surface area contributed by atoms with Gasteiger partial charge in [0, 0.05) is 5.39 Å². The summed E-state index contributed by atoms with van der Waals surface area (Å²) in [6.07, 6.45) is 1.15. The van der Waals surface area contributed by atoms with Gasteiger partial charge in [-0.15, -0.1) is 0 Å². The number of fused-ring (bicyclic) bond motifs is 1. The molecule has 3 nitrogen and oxygen atoms in total. The second-order valence-electron chi connectivity index (χ2n) is 3.53. The number of aldehydes is 1. The van der Waals surface area contributed by atoms with Crippen LogP contribution in [0.4, 0.5) is 0 Å². The smallest absolute Gasteiger partial charge is 0.167 e. The highest BCUT2D eigenvalue weighted by atomic mass is 32.1. The number of ether oxygens (including phenoxy) is 1. The number of para-hydroxylation sites is 1. The van der Waals surface area contributed by atoms with E-state index in [1.807, 2.05) is 31.2 Å². The van der Waals surface area contributed by atoms with Crippen molar-refractivity contribution in [1.82, 2.24) is 0 Å². The molecule has 0 amide bonds. The molecule has 0 aliphatic carbocycles. The van der Waals surface area contributed by atoms with Crippen molar-refractivity contribution in [3.63, 3.8) is 0 Å². The van der Waals surface area contributed by atoms with E-state index in [-0.39, 0.29) is 0 Å². The number of hydrogen-bond acceptors (Lipinski definition) is 4. The van der Waals surface area contributed by atoms with Crippen LogP contribution in [-0.2, 0) is 11.2 Å². The second-order valence-corrected chi connectivity index (χ2v) is 3.99. The number of carbonyl (C=O) groups is 1. The molecule has 0 spiro atoms. The van der Waals surface area contributed by atoms with Crippen LogP contribution in [0.25, 0.3) is 11.0 Å². The summed E-state index contributed by atoms with van der Waals surface area (Å²) in [5.74, 6) is 0.569. The van der Waals surface area contributed by atoms with Gasteiger partial charge in [0.05, 0.1) is 18.6 Å². The van der Waals surface area contributed by atoms with Gasteiger partial charge in [0.2, 0.25) is 0 Å². The molecule has 4 heteroatoms. The van der Waals surface area contributed by atoms with Gasteiger partial charge < -0.3 is 9.15 Å². The first kappa shape index (κ1) is 11.8. The summed E-state index contributed by atoms with van der Waals surface area (Å²) in [4.78, 5) is 11.1. The zero-order valence-electron chi connectivity index (χ0n) is 9.43. The first-order valence-corrected chi connectivity index (χ1v) is 5.78. The van der Waals surface area contributed by atoms with E-state index in [9.17, 15) is 4.79 Å². The van der Waals surface area contributed by atoms with Crippen LogP contribution in [0.5, 0.6) is 0 Å². The van der Waals surface area contributed by atoms with Crippen molar-refractivity contribution in [2.24, 2.45) is 0 Å². The quantitative estimate of drug-likeness (QED) is 0.615. The third kappa shape index (κ3) is 2.36. The van der Waals surface area contributed by atoms with Crippen LogP contribution in [-0.4, -0.2) is 17.9 Å². The van der Waals surface area contributed by atoms with Crippen molar-refractivity contribution < 1.29 is 13.9 Å². The number of thiocarbonyl (C=S) groups is 1. The molecule has 0 atom stereocenters. The first-order chi connectivity index (χ1) is 8.26. The zero-order chi connectivity index (χ0) is 12.3. The van der Waals surface area contributed by atoms with Gasteiger partial charge in [-0.25, -0.2) is 0 Å². The molecule has 0 N–H and O–H groups in total. The molecular formula is C13H12O3S. The maximum Gasteiger partial charge on any atom is 0.167 e. The Balaban J connectivity index is 2.39. The van der Waals surface area contributed by atoms with Crippen molar-refractivity contribution in [3.05, 3.63) is 35.6 Å². The largest absolute Gasteiger partial charge is 0.487 e. The van der Waals surface area contributed by atoms with E-state index in [2.05, 4.69) is 0 Å². The SMILES string of the molecule is CCOC(=S)Cc1oc2ccccc2c1C=O. The van der Waals surface area contributed by atoms with E-state index in [0.717, 1.165) is 11.7 Å². The van der Waals surface area contributed by atoms with Crippen LogP contribution in [0.15, 0.2) is 28.7 Å². The predicted octanol–water partition coefficient (Wildman–Crippen LogP) is 3.15. The minimum atomic E-state index is 0.353. The average Bonchev–Trinajstić information content (AvgIpc) is 2.66. The lowest BCUT2D eigenvalue weighted by Gasteiger charge is -2.02. The average molecular weight is 248 g/mol. The summed E-state index contributed by atoms with van der Waals surface area (Å²) in [5.41, 5.74) is 1.26. The molecule has 2 aromatic rings. The maximum absolute atomic E-state index is 11.1. The van der Waals surface area contributed by atoms with Crippen molar-refractivity contribution >= 4 is 34.5 Å². The molecule has 0 aliphatic heterocycles. The summed E-state index contributed by atoms with van der Waals surface area (Å²) >= 11 is 5.05. The lowest BCUT2D eigenvalue weighted by atomic mass is 10.1. The van der Waals surface area contributed by atoms with Crippen LogP contribution in [0.2, 0.25) is 0 Å². The Labute approximate surface area is 104 Å². The molecule has 0 bridgehead atoms. The molecule has 0 aliphatic rings. The maximum atomic E-state index is 11.1. The minimum Gasteiger partial charge on any atom is -0.487 e. The Morgan fingerprint density at radius 3 is 2.94 bits per heavy atom. The fraction of sp³-hybridized carbons (Fsp3) is 0.231. The molecule has 1 aromatic heterocycles. The Hall–Kier alpha value is -1.68. The summed E-state index contributed by atoms with van der Waals surface area (Å²) in [7, 11) is 0. The first-order valence-electron chi connectivity index (χ1n) is 5.37. The van der Waals surface area contributed by atoms with Crippen LogP contribution in [0.1, 0.15) is 23.0 Å². The van der Waals surface area contributed by atoms with Gasteiger partial charge in [-0.3, -0.25) is 4.79 Å². The Kier molecular flexibility index (Phi) is 3.54. The lowest BCUT2D eigenvalue weighted by Crippen LogP contribution is -2.05. The summed E-state index contributed by atoms with van der Waals surface area (Å²) in [6, 6.07) is 7.42. The second kappa shape index (κ2) is 5.10. The van der Waals surface area contributed by atoms with E-state index < -0.39 is 0 Å². The Bertz CT molecular complexity index is 557. The predicted molar refractivity (Wildman–Crippen MR) is 69.5 cm³/mol. The van der Waals surface area contributed by atoms with Gasteiger partial charge >= 0.3 is 0 Å². The monoisotopic (exact) mass is 248 g/mol. The van der Waals surface area contributed by atoms with E-state index in [1.54, 1.807) is 0 Å². The highest BCUT2D eigenvalue weighted by molar-refractivity contribution is 7.80. The van der Waals surface area contributed by atoms with Crippen molar-refractivity contribution in [2.45, 2.75) is 13.3 Å². The molecule has 1 heterocycles. The van der Waals surface area contributed by atoms with Crippen molar-refractivity contribution in [3.8, 4) is 0 Å². The number of rotatable bonds is 4. The number of furan rings is 1. The molecule has 17 heavy (non-hydrogen) atoms. The van der Waals surface area contributed by atoms with Gasteiger partial charge in [0.1, 0.15) is 11.3 Å². The van der Waals surface area contributed by atoms with Gasteiger partial charge in [-0.2, -0.15) is 0 Å². The fourth-order valence-electron chi connectivity index (χ4n) is 1.72. The number of benzene rings is 1. The van der Waals surface area contributed by atoms with Gasteiger partial charge in [-0.05, 0) is 25.2 Å². The summed E-state index contributed by atoms with van der Waals surface area (Å²) in [6.45, 7) is 2.39. The molecule has 0 saturated heterocycles. The Morgan fingerprint density at radius 1 is 1.47 bits per heavy atom. The van der Waals surface area contributed by atoms with Gasteiger partial charge in [-0.1, -0.05) is 18.2 Å². The lowest BCUT2D eigenvalue weighted by molar-refractivity contribution is 0.112. The van der Waals surface area contributed by atoms with Crippen LogP contribution < -0.4 is 0 Å². The summed E-state index contributed by atoms with van der Waals surface area (Å²) < 4.78 is 10.8. The molecule has 0 unspecified atom stereocenters. The van der Waals surface area contributed by atoms with Crippen molar-refractivity contribution in [1.29, 1.82) is 0 Å². The molecule has 0 fully saturated rings. The third-order valence-electron chi connectivity index (χ3n) is 2.44. The molecular weight excluding hydrogens is 236 g/mol.